The van der Waals surface area contributed by atoms with Gasteiger partial charge in [-0.25, -0.2) is 0 Å². The van der Waals surface area contributed by atoms with Gasteiger partial charge in [0.05, 0.1) is 6.61 Å². The summed E-state index contributed by atoms with van der Waals surface area (Å²) >= 11 is 0. The maximum atomic E-state index is 8.95. The molecule has 1 rings (SSSR count). The van der Waals surface area contributed by atoms with Gasteiger partial charge < -0.3 is 10.4 Å². The fourth-order valence-electron chi connectivity index (χ4n) is 2.03. The van der Waals surface area contributed by atoms with Crippen LogP contribution in [0.3, 0.4) is 0 Å². The lowest BCUT2D eigenvalue weighted by Crippen LogP contribution is -2.14. The van der Waals surface area contributed by atoms with E-state index in [4.69, 9.17) is 5.11 Å². The predicted octanol–water partition coefficient (Wildman–Crippen LogP) is 3.63. The summed E-state index contributed by atoms with van der Waals surface area (Å²) in [6.45, 7) is 4.42. The van der Waals surface area contributed by atoms with Gasteiger partial charge in [-0.1, -0.05) is 63.3 Å². The van der Waals surface area contributed by atoms with Crippen LogP contribution in [0, 0.1) is 0 Å². The molecular weight excluding hydrogens is 222 g/mol. The van der Waals surface area contributed by atoms with Gasteiger partial charge in [-0.2, -0.15) is 0 Å². The Bertz CT molecular complexity index is 294. The summed E-state index contributed by atoms with van der Waals surface area (Å²) in [5, 5.41) is 12.4. The van der Waals surface area contributed by atoms with E-state index < -0.39 is 0 Å². The summed E-state index contributed by atoms with van der Waals surface area (Å²) in [7, 11) is 0. The molecule has 2 heteroatoms. The maximum absolute atomic E-state index is 8.95. The lowest BCUT2D eigenvalue weighted by Gasteiger charge is -2.05. The Balaban J connectivity index is 2.00. The van der Waals surface area contributed by atoms with Crippen molar-refractivity contribution in [2.45, 2.75) is 58.6 Å². The molecule has 0 radical (unpaired) electrons. The summed E-state index contributed by atoms with van der Waals surface area (Å²) in [5.41, 5.74) is 2.27. The summed E-state index contributed by atoms with van der Waals surface area (Å²) in [4.78, 5) is 0. The number of hydrogen-bond donors (Lipinski definition) is 2. The van der Waals surface area contributed by atoms with E-state index in [1.54, 1.807) is 0 Å². The Kier molecular flexibility index (Phi) is 8.53. The SMILES string of the molecule is CCCCCCCCNCc1ccc(CO)cc1. The molecule has 102 valence electrons. The average Bonchev–Trinajstić information content (AvgIpc) is 2.42. The molecule has 0 heterocycles. The van der Waals surface area contributed by atoms with Crippen LogP contribution in [-0.4, -0.2) is 11.7 Å². The fraction of sp³-hybridized carbons (Fsp3) is 0.625. The minimum atomic E-state index is 0.130. The van der Waals surface area contributed by atoms with Crippen molar-refractivity contribution >= 4 is 0 Å². The second kappa shape index (κ2) is 10.1. The van der Waals surface area contributed by atoms with Crippen LogP contribution >= 0.6 is 0 Å². The number of aliphatic hydroxyl groups is 1. The molecule has 0 atom stereocenters. The van der Waals surface area contributed by atoms with E-state index in [0.29, 0.717) is 0 Å². The molecule has 2 nitrogen and oxygen atoms in total. The highest BCUT2D eigenvalue weighted by molar-refractivity contribution is 5.21. The van der Waals surface area contributed by atoms with E-state index >= 15 is 0 Å². The number of benzene rings is 1. The van der Waals surface area contributed by atoms with Gasteiger partial charge in [-0.3, -0.25) is 0 Å². The van der Waals surface area contributed by atoms with E-state index in [-0.39, 0.29) is 6.61 Å². The largest absolute Gasteiger partial charge is 0.392 e. The Morgan fingerprint density at radius 1 is 0.889 bits per heavy atom. The van der Waals surface area contributed by atoms with Crippen molar-refractivity contribution in [3.8, 4) is 0 Å². The molecule has 0 fully saturated rings. The zero-order valence-electron chi connectivity index (χ0n) is 11.6. The van der Waals surface area contributed by atoms with Crippen LogP contribution < -0.4 is 5.32 Å². The molecule has 1 aromatic rings. The normalized spacial score (nSPS) is 10.8. The predicted molar refractivity (Wildman–Crippen MR) is 77.4 cm³/mol. The van der Waals surface area contributed by atoms with Gasteiger partial charge in [0, 0.05) is 6.54 Å². The molecule has 0 saturated carbocycles. The topological polar surface area (TPSA) is 32.3 Å². The first-order valence-corrected chi connectivity index (χ1v) is 7.26. The molecule has 0 aliphatic heterocycles. The highest BCUT2D eigenvalue weighted by atomic mass is 16.3. The Morgan fingerprint density at radius 3 is 2.17 bits per heavy atom. The van der Waals surface area contributed by atoms with Gasteiger partial charge in [0.25, 0.3) is 0 Å². The number of unbranched alkanes of at least 4 members (excludes halogenated alkanes) is 5. The van der Waals surface area contributed by atoms with Crippen molar-refractivity contribution in [3.05, 3.63) is 35.4 Å². The summed E-state index contributed by atoms with van der Waals surface area (Å²) < 4.78 is 0. The van der Waals surface area contributed by atoms with E-state index in [1.165, 1.54) is 44.1 Å². The molecular formula is C16H27NO. The van der Waals surface area contributed by atoms with Crippen LogP contribution in [0.1, 0.15) is 56.6 Å². The van der Waals surface area contributed by atoms with Gasteiger partial charge in [0.2, 0.25) is 0 Å². The van der Waals surface area contributed by atoms with Gasteiger partial charge in [-0.05, 0) is 24.1 Å². The minimum absolute atomic E-state index is 0.130. The second-order valence-corrected chi connectivity index (χ2v) is 4.92. The Labute approximate surface area is 111 Å². The van der Waals surface area contributed by atoms with E-state index in [2.05, 4.69) is 24.4 Å². The second-order valence-electron chi connectivity index (χ2n) is 4.92. The van der Waals surface area contributed by atoms with Gasteiger partial charge in [0.15, 0.2) is 0 Å². The molecule has 0 bridgehead atoms. The smallest absolute Gasteiger partial charge is 0.0681 e. The zero-order chi connectivity index (χ0) is 13.1. The molecule has 0 unspecified atom stereocenters. The molecule has 0 saturated heterocycles. The first-order chi connectivity index (χ1) is 8.86. The molecule has 0 aromatic heterocycles. The Hall–Kier alpha value is -0.860. The molecule has 0 spiro atoms. The van der Waals surface area contributed by atoms with Crippen molar-refractivity contribution in [2.75, 3.05) is 6.54 Å². The summed E-state index contributed by atoms with van der Waals surface area (Å²) in [6.07, 6.45) is 8.08. The fourth-order valence-corrected chi connectivity index (χ4v) is 2.03. The number of rotatable bonds is 10. The van der Waals surface area contributed by atoms with Crippen LogP contribution in [0.2, 0.25) is 0 Å². The monoisotopic (exact) mass is 249 g/mol. The quantitative estimate of drug-likeness (QED) is 0.621. The van der Waals surface area contributed by atoms with Crippen LogP contribution in [0.15, 0.2) is 24.3 Å². The van der Waals surface area contributed by atoms with Crippen molar-refractivity contribution in [2.24, 2.45) is 0 Å². The van der Waals surface area contributed by atoms with Gasteiger partial charge in [-0.15, -0.1) is 0 Å². The number of aliphatic hydroxyl groups excluding tert-OH is 1. The van der Waals surface area contributed by atoms with Crippen molar-refractivity contribution in [3.63, 3.8) is 0 Å². The average molecular weight is 249 g/mol. The molecule has 0 aliphatic carbocycles. The third kappa shape index (κ3) is 6.77. The number of nitrogens with one attached hydrogen (secondary N) is 1. The highest BCUT2D eigenvalue weighted by Crippen LogP contribution is 2.05. The van der Waals surface area contributed by atoms with Gasteiger partial charge in [0.1, 0.15) is 0 Å². The lowest BCUT2D eigenvalue weighted by atomic mass is 10.1. The van der Waals surface area contributed by atoms with Crippen molar-refractivity contribution in [1.82, 2.24) is 5.32 Å². The van der Waals surface area contributed by atoms with Crippen molar-refractivity contribution < 1.29 is 5.11 Å². The zero-order valence-corrected chi connectivity index (χ0v) is 11.6. The maximum Gasteiger partial charge on any atom is 0.0681 e. The first kappa shape index (κ1) is 15.2. The summed E-state index contributed by atoms with van der Waals surface area (Å²) in [5.74, 6) is 0. The highest BCUT2D eigenvalue weighted by Gasteiger charge is 1.94. The first-order valence-electron chi connectivity index (χ1n) is 7.26. The lowest BCUT2D eigenvalue weighted by molar-refractivity contribution is 0.282. The number of hydrogen-bond acceptors (Lipinski definition) is 2. The van der Waals surface area contributed by atoms with E-state index in [9.17, 15) is 0 Å². The summed E-state index contributed by atoms with van der Waals surface area (Å²) in [6, 6.07) is 8.14. The minimum Gasteiger partial charge on any atom is -0.392 e. The van der Waals surface area contributed by atoms with Crippen LogP contribution in [-0.2, 0) is 13.2 Å². The molecule has 0 amide bonds. The van der Waals surface area contributed by atoms with Crippen LogP contribution in [0.25, 0.3) is 0 Å². The van der Waals surface area contributed by atoms with E-state index in [1.807, 2.05) is 12.1 Å². The molecule has 18 heavy (non-hydrogen) atoms. The molecule has 1 aromatic carbocycles. The van der Waals surface area contributed by atoms with E-state index in [0.717, 1.165) is 18.7 Å². The standard InChI is InChI=1S/C16H27NO/c1-2-3-4-5-6-7-12-17-13-15-8-10-16(14-18)11-9-15/h8-11,17-18H,2-7,12-14H2,1H3. The van der Waals surface area contributed by atoms with Crippen LogP contribution in [0.5, 0.6) is 0 Å². The van der Waals surface area contributed by atoms with Crippen molar-refractivity contribution in [1.29, 1.82) is 0 Å². The molecule has 0 aliphatic rings. The van der Waals surface area contributed by atoms with Crippen LogP contribution in [0.4, 0.5) is 0 Å². The van der Waals surface area contributed by atoms with Gasteiger partial charge >= 0.3 is 0 Å². The Morgan fingerprint density at radius 2 is 1.50 bits per heavy atom. The third-order valence-electron chi connectivity index (χ3n) is 3.24. The molecule has 2 N–H and O–H groups in total. The third-order valence-corrected chi connectivity index (χ3v) is 3.24.